The van der Waals surface area contributed by atoms with Crippen LogP contribution in [0.3, 0.4) is 0 Å². The number of aryl methyl sites for hydroxylation is 1. The molecule has 0 saturated heterocycles. The van der Waals surface area contributed by atoms with Gasteiger partial charge in [0.05, 0.1) is 0 Å². The van der Waals surface area contributed by atoms with Gasteiger partial charge >= 0.3 is 6.36 Å². The van der Waals surface area contributed by atoms with Crippen molar-refractivity contribution >= 4 is 21.4 Å². The van der Waals surface area contributed by atoms with Gasteiger partial charge in [0.25, 0.3) is 0 Å². The molecule has 1 heterocycles. The van der Waals surface area contributed by atoms with Gasteiger partial charge in [0.1, 0.15) is 5.75 Å². The summed E-state index contributed by atoms with van der Waals surface area (Å²) in [5, 5.41) is 3.72. The van der Waals surface area contributed by atoms with Crippen LogP contribution in [0.4, 0.5) is 13.2 Å². The van der Waals surface area contributed by atoms with Crippen molar-refractivity contribution in [3.63, 3.8) is 0 Å². The lowest BCUT2D eigenvalue weighted by atomic mass is 10.2. The number of ether oxygens (including phenoxy) is 1. The molecule has 0 bridgehead atoms. The maximum atomic E-state index is 11.9. The number of alkyl halides is 3. The minimum atomic E-state index is -4.64. The van der Waals surface area contributed by atoms with Crippen molar-refractivity contribution in [1.29, 1.82) is 0 Å². The molecule has 0 aliphatic heterocycles. The average molecular weight is 231 g/mol. The van der Waals surface area contributed by atoms with Gasteiger partial charge in [-0.15, -0.1) is 24.5 Å². The number of hydrogen-bond acceptors (Lipinski definition) is 2. The zero-order chi connectivity index (χ0) is 11.1. The Morgan fingerprint density at radius 1 is 1.33 bits per heavy atom. The van der Waals surface area contributed by atoms with E-state index in [0.29, 0.717) is 0 Å². The Labute approximate surface area is 88.1 Å². The molecule has 0 spiro atoms. The Kier molecular flexibility index (Phi) is 2.34. The number of thiophene rings is 1. The van der Waals surface area contributed by atoms with Crippen molar-refractivity contribution in [3.05, 3.63) is 29.1 Å². The van der Waals surface area contributed by atoms with Crippen molar-refractivity contribution in [3.8, 4) is 5.75 Å². The van der Waals surface area contributed by atoms with Gasteiger partial charge in [-0.25, -0.2) is 0 Å². The number of hydrogen-bond donors (Lipinski definition) is 0. The number of rotatable bonds is 1. The first-order chi connectivity index (χ1) is 6.96. The summed E-state index contributed by atoms with van der Waals surface area (Å²) in [6.45, 7) is 1.80. The van der Waals surface area contributed by atoms with E-state index in [1.54, 1.807) is 13.0 Å². The predicted molar refractivity (Wildman–Crippen MR) is 52.1 cm³/mol. The molecule has 0 atom stereocenters. The van der Waals surface area contributed by atoms with Gasteiger partial charge in [0.15, 0.2) is 0 Å². The van der Waals surface area contributed by atoms with Gasteiger partial charge in [-0.05, 0) is 36.1 Å². The Morgan fingerprint density at radius 2 is 2.07 bits per heavy atom. The third-order valence-electron chi connectivity index (χ3n) is 1.90. The monoisotopic (exact) mass is 231 g/mol. The molecule has 1 aromatic carbocycles. The molecule has 1 nitrogen and oxygen atoms in total. The van der Waals surface area contributed by atoms with E-state index in [4.69, 9.17) is 0 Å². The summed E-state index contributed by atoms with van der Waals surface area (Å²) in [5.41, 5.74) is 0.836. The van der Waals surface area contributed by atoms with Crippen LogP contribution in [0.1, 0.15) is 5.56 Å². The van der Waals surface area contributed by atoms with Crippen LogP contribution in [-0.4, -0.2) is 6.36 Å². The summed E-state index contributed by atoms with van der Waals surface area (Å²) in [6.07, 6.45) is -4.64. The molecule has 0 N–H and O–H groups in total. The van der Waals surface area contributed by atoms with Gasteiger partial charge in [-0.1, -0.05) is 0 Å². The highest BCUT2D eigenvalue weighted by Gasteiger charge is 2.31. The second-order valence-electron chi connectivity index (χ2n) is 3.03. The fourth-order valence-electron chi connectivity index (χ4n) is 1.27. The number of fused-ring (bicyclic) bond motifs is 1. The van der Waals surface area contributed by atoms with Crippen LogP contribution in [0.25, 0.3) is 10.1 Å². The topological polar surface area (TPSA) is 9.23 Å². The fraction of sp³-hybridized carbons (Fsp3) is 0.200. The molecule has 0 aliphatic carbocycles. The van der Waals surface area contributed by atoms with Crippen molar-refractivity contribution in [2.45, 2.75) is 13.3 Å². The maximum Gasteiger partial charge on any atom is 0.573 e. The van der Waals surface area contributed by atoms with Crippen LogP contribution in [0.2, 0.25) is 0 Å². The second-order valence-corrected chi connectivity index (χ2v) is 3.88. The van der Waals surface area contributed by atoms with E-state index in [1.807, 2.05) is 0 Å². The van der Waals surface area contributed by atoms with Crippen molar-refractivity contribution in [2.24, 2.45) is 0 Å². The summed E-state index contributed by atoms with van der Waals surface area (Å²) < 4.78 is 40.6. The largest absolute Gasteiger partial charge is 0.573 e. The van der Waals surface area contributed by atoms with Crippen LogP contribution < -0.4 is 4.74 Å². The summed E-state index contributed by atoms with van der Waals surface area (Å²) in [7, 11) is 0. The molecule has 0 aliphatic rings. The smallest absolute Gasteiger partial charge is 0.406 e. The van der Waals surface area contributed by atoms with Crippen molar-refractivity contribution in [1.82, 2.24) is 0 Å². The van der Waals surface area contributed by atoms with Gasteiger partial charge in [-0.3, -0.25) is 0 Å². The van der Waals surface area contributed by atoms with E-state index in [1.165, 1.54) is 23.5 Å². The Bertz CT molecular complexity index is 487. The fourth-order valence-corrected chi connectivity index (χ4v) is 2.11. The first kappa shape index (κ1) is 10.3. The SMILES string of the molecule is Cc1[c]sc2ccc(OC(F)(F)F)cc12. The first-order valence-electron chi connectivity index (χ1n) is 4.12. The van der Waals surface area contributed by atoms with Crippen LogP contribution in [-0.2, 0) is 0 Å². The molecular formula is C10H6F3OS. The molecule has 79 valence electrons. The van der Waals surface area contributed by atoms with Crippen LogP contribution in [0.15, 0.2) is 18.2 Å². The average Bonchev–Trinajstić information content (AvgIpc) is 2.45. The molecular weight excluding hydrogens is 225 g/mol. The summed E-state index contributed by atoms with van der Waals surface area (Å²) in [6, 6.07) is 4.29. The third-order valence-corrected chi connectivity index (χ3v) is 2.89. The standard InChI is InChI=1S/C10H6F3OS/c1-6-5-15-9-3-2-7(4-8(6)9)14-10(11,12)13/h2-4H,1H3. The molecule has 2 rings (SSSR count). The summed E-state index contributed by atoms with van der Waals surface area (Å²) >= 11 is 1.38. The third kappa shape index (κ3) is 2.23. The van der Waals surface area contributed by atoms with Crippen LogP contribution >= 0.6 is 11.3 Å². The minimum Gasteiger partial charge on any atom is -0.406 e. The number of halogens is 3. The van der Waals surface area contributed by atoms with Crippen LogP contribution in [0.5, 0.6) is 5.75 Å². The molecule has 2 aromatic rings. The van der Waals surface area contributed by atoms with Crippen molar-refractivity contribution in [2.75, 3.05) is 0 Å². The lowest BCUT2D eigenvalue weighted by molar-refractivity contribution is -0.274. The normalized spacial score (nSPS) is 12.0. The summed E-state index contributed by atoms with van der Waals surface area (Å²) in [5.74, 6) is -0.190. The Morgan fingerprint density at radius 3 is 2.73 bits per heavy atom. The second kappa shape index (κ2) is 3.41. The van der Waals surface area contributed by atoms with E-state index in [0.717, 1.165) is 15.6 Å². The predicted octanol–water partition coefficient (Wildman–Crippen LogP) is 3.91. The first-order valence-corrected chi connectivity index (χ1v) is 4.94. The molecule has 15 heavy (non-hydrogen) atoms. The zero-order valence-electron chi connectivity index (χ0n) is 7.68. The molecule has 0 amide bonds. The molecule has 5 heteroatoms. The highest BCUT2D eigenvalue weighted by atomic mass is 32.1. The lowest BCUT2D eigenvalue weighted by Gasteiger charge is -2.08. The van der Waals surface area contributed by atoms with E-state index >= 15 is 0 Å². The highest BCUT2D eigenvalue weighted by molar-refractivity contribution is 7.16. The van der Waals surface area contributed by atoms with E-state index in [9.17, 15) is 13.2 Å². The van der Waals surface area contributed by atoms with Crippen LogP contribution in [0, 0.1) is 12.3 Å². The van der Waals surface area contributed by atoms with Gasteiger partial charge < -0.3 is 4.74 Å². The molecule has 0 unspecified atom stereocenters. The maximum absolute atomic E-state index is 11.9. The Hall–Kier alpha value is -1.23. The minimum absolute atomic E-state index is 0.190. The molecule has 0 saturated carbocycles. The quantitative estimate of drug-likeness (QED) is 0.723. The summed E-state index contributed by atoms with van der Waals surface area (Å²) in [4.78, 5) is 0. The molecule has 1 radical (unpaired) electrons. The van der Waals surface area contributed by atoms with Crippen molar-refractivity contribution < 1.29 is 17.9 Å². The zero-order valence-corrected chi connectivity index (χ0v) is 8.50. The lowest BCUT2D eigenvalue weighted by Crippen LogP contribution is -2.16. The molecule has 0 fully saturated rings. The Balaban J connectivity index is 2.42. The van der Waals surface area contributed by atoms with E-state index in [2.05, 4.69) is 10.1 Å². The number of benzene rings is 1. The molecule has 1 aromatic heterocycles. The van der Waals surface area contributed by atoms with E-state index < -0.39 is 6.36 Å². The van der Waals surface area contributed by atoms with E-state index in [-0.39, 0.29) is 5.75 Å². The highest BCUT2D eigenvalue weighted by Crippen LogP contribution is 2.30. The van der Waals surface area contributed by atoms with Gasteiger partial charge in [-0.2, -0.15) is 0 Å². The van der Waals surface area contributed by atoms with Gasteiger partial charge in [0, 0.05) is 10.1 Å². The van der Waals surface area contributed by atoms with Gasteiger partial charge in [0.2, 0.25) is 0 Å².